The molecule has 0 aliphatic rings. The number of Topliss-reactive ketones (excluding diaryl/α,β-unsaturated/α-hetero) is 1. The highest BCUT2D eigenvalue weighted by atomic mass is 35.5. The Labute approximate surface area is 105 Å². The van der Waals surface area contributed by atoms with E-state index in [0.717, 1.165) is 5.56 Å². The van der Waals surface area contributed by atoms with E-state index < -0.39 is 11.9 Å². The number of rotatable bonds is 5. The van der Waals surface area contributed by atoms with Crippen LogP contribution in [0.4, 0.5) is 0 Å². The molecule has 1 atom stereocenters. The van der Waals surface area contributed by atoms with Crippen LogP contribution in [0, 0.1) is 5.92 Å². The van der Waals surface area contributed by atoms with Gasteiger partial charge in [0.15, 0.2) is 0 Å². The maximum atomic E-state index is 11.6. The minimum Gasteiger partial charge on any atom is -0.465 e. The monoisotopic (exact) mass is 255 g/mol. The maximum absolute atomic E-state index is 11.6. The van der Waals surface area contributed by atoms with Crippen LogP contribution in [0.3, 0.4) is 0 Å². The molecule has 0 saturated carbocycles. The highest BCUT2D eigenvalue weighted by molar-refractivity contribution is 6.29. The first-order chi connectivity index (χ1) is 8.04. The van der Waals surface area contributed by atoms with Crippen LogP contribution in [-0.4, -0.2) is 23.3 Å². The Hall–Kier alpha value is -1.42. The van der Waals surface area contributed by atoms with Crippen molar-refractivity contribution in [3.63, 3.8) is 0 Å². The van der Waals surface area contributed by atoms with Crippen LogP contribution in [0.5, 0.6) is 0 Å². The summed E-state index contributed by atoms with van der Waals surface area (Å²) in [6, 6.07) is 3.36. The van der Waals surface area contributed by atoms with Gasteiger partial charge < -0.3 is 4.74 Å². The molecule has 1 aromatic rings. The topological polar surface area (TPSA) is 56.3 Å². The number of ketones is 1. The Balaban J connectivity index is 2.76. The first-order valence-electron chi connectivity index (χ1n) is 5.32. The predicted octanol–water partition coefficient (Wildman–Crippen LogP) is 2.05. The first kappa shape index (κ1) is 13.6. The molecule has 0 spiro atoms. The van der Waals surface area contributed by atoms with Gasteiger partial charge in [0.2, 0.25) is 0 Å². The van der Waals surface area contributed by atoms with Crippen molar-refractivity contribution in [1.82, 2.24) is 4.98 Å². The van der Waals surface area contributed by atoms with Crippen molar-refractivity contribution in [1.29, 1.82) is 0 Å². The smallest absolute Gasteiger partial charge is 0.316 e. The fourth-order valence-corrected chi connectivity index (χ4v) is 1.51. The van der Waals surface area contributed by atoms with Crippen molar-refractivity contribution in [2.24, 2.45) is 5.92 Å². The first-order valence-corrected chi connectivity index (χ1v) is 5.70. The molecular formula is C12H14ClNO3. The lowest BCUT2D eigenvalue weighted by Gasteiger charge is -2.12. The number of ether oxygens (including phenoxy) is 1. The molecule has 0 aliphatic carbocycles. The van der Waals surface area contributed by atoms with Gasteiger partial charge in [-0.05, 0) is 31.9 Å². The molecule has 0 radical (unpaired) electrons. The molecule has 0 N–H and O–H groups in total. The van der Waals surface area contributed by atoms with Crippen molar-refractivity contribution in [2.75, 3.05) is 6.61 Å². The molecule has 0 fully saturated rings. The molecule has 0 amide bonds. The van der Waals surface area contributed by atoms with Crippen molar-refractivity contribution >= 4 is 23.4 Å². The highest BCUT2D eigenvalue weighted by Gasteiger charge is 2.24. The van der Waals surface area contributed by atoms with Gasteiger partial charge in [0.25, 0.3) is 0 Å². The van der Waals surface area contributed by atoms with Gasteiger partial charge >= 0.3 is 5.97 Å². The standard InChI is InChI=1S/C12H14ClNO3/c1-3-17-12(16)10(8(2)15)6-9-4-5-11(13)14-7-9/h4-5,7,10H,3,6H2,1-2H3/t10-/m1/s1. The summed E-state index contributed by atoms with van der Waals surface area (Å²) in [6.45, 7) is 3.35. The SMILES string of the molecule is CCOC(=O)[C@H](Cc1ccc(Cl)nc1)C(C)=O. The summed E-state index contributed by atoms with van der Waals surface area (Å²) in [4.78, 5) is 26.8. The van der Waals surface area contributed by atoms with Crippen LogP contribution < -0.4 is 0 Å². The average Bonchev–Trinajstić information content (AvgIpc) is 2.28. The minimum absolute atomic E-state index is 0.210. The van der Waals surface area contributed by atoms with Crippen LogP contribution in [0.1, 0.15) is 19.4 Å². The molecule has 1 aromatic heterocycles. The van der Waals surface area contributed by atoms with Gasteiger partial charge in [-0.25, -0.2) is 4.98 Å². The number of carbonyl (C=O) groups is 2. The Bertz CT molecular complexity index is 403. The zero-order valence-electron chi connectivity index (χ0n) is 9.77. The number of halogens is 1. The van der Waals surface area contributed by atoms with Crippen molar-refractivity contribution < 1.29 is 14.3 Å². The fraction of sp³-hybridized carbons (Fsp3) is 0.417. The number of esters is 1. The largest absolute Gasteiger partial charge is 0.465 e. The van der Waals surface area contributed by atoms with Crippen molar-refractivity contribution in [2.45, 2.75) is 20.3 Å². The Morgan fingerprint density at radius 3 is 2.65 bits per heavy atom. The third kappa shape index (κ3) is 4.15. The summed E-state index contributed by atoms with van der Waals surface area (Å²) in [5.74, 6) is -1.47. The summed E-state index contributed by atoms with van der Waals surface area (Å²) in [5.41, 5.74) is 0.780. The molecular weight excluding hydrogens is 242 g/mol. The number of hydrogen-bond donors (Lipinski definition) is 0. The van der Waals surface area contributed by atoms with E-state index in [0.29, 0.717) is 11.6 Å². The molecule has 4 nitrogen and oxygen atoms in total. The van der Waals surface area contributed by atoms with Gasteiger partial charge in [-0.2, -0.15) is 0 Å². The van der Waals surface area contributed by atoms with E-state index in [1.807, 2.05) is 0 Å². The fourth-order valence-electron chi connectivity index (χ4n) is 1.40. The number of hydrogen-bond acceptors (Lipinski definition) is 4. The molecule has 0 unspecified atom stereocenters. The van der Waals surface area contributed by atoms with E-state index in [-0.39, 0.29) is 12.4 Å². The second-order valence-corrected chi connectivity index (χ2v) is 4.00. The normalized spacial score (nSPS) is 11.9. The molecule has 5 heteroatoms. The number of nitrogens with zero attached hydrogens (tertiary/aromatic N) is 1. The van der Waals surface area contributed by atoms with Crippen LogP contribution in [0.25, 0.3) is 0 Å². The third-order valence-corrected chi connectivity index (χ3v) is 2.51. The van der Waals surface area contributed by atoms with E-state index in [1.165, 1.54) is 6.92 Å². The Morgan fingerprint density at radius 2 is 2.18 bits per heavy atom. The van der Waals surface area contributed by atoms with Gasteiger partial charge in [0, 0.05) is 6.20 Å². The van der Waals surface area contributed by atoms with Gasteiger partial charge in [0.1, 0.15) is 16.9 Å². The van der Waals surface area contributed by atoms with Crippen LogP contribution in [-0.2, 0) is 20.7 Å². The molecule has 1 heterocycles. The molecule has 0 bridgehead atoms. The van der Waals surface area contributed by atoms with Gasteiger partial charge in [0.05, 0.1) is 6.61 Å². The van der Waals surface area contributed by atoms with Crippen molar-refractivity contribution in [3.05, 3.63) is 29.0 Å². The summed E-state index contributed by atoms with van der Waals surface area (Å²) in [7, 11) is 0. The zero-order chi connectivity index (χ0) is 12.8. The lowest BCUT2D eigenvalue weighted by atomic mass is 9.97. The molecule has 0 saturated heterocycles. The second kappa shape index (κ2) is 6.35. The highest BCUT2D eigenvalue weighted by Crippen LogP contribution is 2.13. The van der Waals surface area contributed by atoms with E-state index in [1.54, 1.807) is 25.3 Å². The number of aromatic nitrogens is 1. The lowest BCUT2D eigenvalue weighted by Crippen LogP contribution is -2.26. The van der Waals surface area contributed by atoms with Gasteiger partial charge in [-0.1, -0.05) is 17.7 Å². The minimum atomic E-state index is -0.766. The predicted molar refractivity (Wildman–Crippen MR) is 63.8 cm³/mol. The van der Waals surface area contributed by atoms with Gasteiger partial charge in [-0.15, -0.1) is 0 Å². The van der Waals surface area contributed by atoms with E-state index >= 15 is 0 Å². The van der Waals surface area contributed by atoms with Crippen molar-refractivity contribution in [3.8, 4) is 0 Å². The van der Waals surface area contributed by atoms with E-state index in [9.17, 15) is 9.59 Å². The third-order valence-electron chi connectivity index (χ3n) is 2.29. The van der Waals surface area contributed by atoms with Crippen LogP contribution in [0.2, 0.25) is 5.15 Å². The van der Waals surface area contributed by atoms with Crippen LogP contribution in [0.15, 0.2) is 18.3 Å². The maximum Gasteiger partial charge on any atom is 0.316 e. The summed E-state index contributed by atoms with van der Waals surface area (Å²) in [6.07, 6.45) is 1.84. The summed E-state index contributed by atoms with van der Waals surface area (Å²) in [5, 5.41) is 0.379. The van der Waals surface area contributed by atoms with Crippen LogP contribution >= 0.6 is 11.6 Å². The van der Waals surface area contributed by atoms with E-state index in [2.05, 4.69) is 4.98 Å². The number of carbonyl (C=O) groups excluding carboxylic acids is 2. The molecule has 1 rings (SSSR count). The molecule has 92 valence electrons. The number of pyridine rings is 1. The van der Waals surface area contributed by atoms with E-state index in [4.69, 9.17) is 16.3 Å². The van der Waals surface area contributed by atoms with Gasteiger partial charge in [-0.3, -0.25) is 9.59 Å². The summed E-state index contributed by atoms with van der Waals surface area (Å²) < 4.78 is 4.86. The molecule has 0 aromatic carbocycles. The summed E-state index contributed by atoms with van der Waals surface area (Å²) >= 11 is 5.65. The second-order valence-electron chi connectivity index (χ2n) is 3.61. The molecule has 17 heavy (non-hydrogen) atoms. The Kier molecular flexibility index (Phi) is 5.10. The average molecular weight is 256 g/mol. The quantitative estimate of drug-likeness (QED) is 0.459. The lowest BCUT2D eigenvalue weighted by molar-refractivity contribution is -0.151. The molecule has 0 aliphatic heterocycles. The Morgan fingerprint density at radius 1 is 1.47 bits per heavy atom. The zero-order valence-corrected chi connectivity index (χ0v) is 10.5.